The summed E-state index contributed by atoms with van der Waals surface area (Å²) in [5.41, 5.74) is 0.109. The molecule has 0 amide bonds. The van der Waals surface area contributed by atoms with Crippen molar-refractivity contribution in [2.75, 3.05) is 18.0 Å². The smallest absolute Gasteiger partial charge is 0.326 e. The van der Waals surface area contributed by atoms with Gasteiger partial charge >= 0.3 is 5.97 Å². The van der Waals surface area contributed by atoms with Gasteiger partial charge in [-0.15, -0.1) is 0 Å². The predicted molar refractivity (Wildman–Crippen MR) is 95.8 cm³/mol. The van der Waals surface area contributed by atoms with Crippen molar-refractivity contribution in [3.8, 4) is 0 Å². The standard InChI is InChI=1S/C16H15ClN2O6S/c1-11-6-7-14(9-15(11)19(21)22)26(23,24)18(10-16(20)25-2)13-5-3-4-12(17)8-13/h3-9H,10H2,1-2H3. The van der Waals surface area contributed by atoms with Crippen molar-refractivity contribution in [2.24, 2.45) is 0 Å². The maximum Gasteiger partial charge on any atom is 0.326 e. The van der Waals surface area contributed by atoms with Gasteiger partial charge < -0.3 is 4.74 Å². The number of carbonyl (C=O) groups is 1. The number of benzene rings is 2. The topological polar surface area (TPSA) is 107 Å². The molecule has 2 aromatic rings. The molecule has 10 heteroatoms. The lowest BCUT2D eigenvalue weighted by molar-refractivity contribution is -0.385. The molecule has 0 aromatic heterocycles. The molecule has 26 heavy (non-hydrogen) atoms. The number of hydrogen-bond donors (Lipinski definition) is 0. The second-order valence-electron chi connectivity index (χ2n) is 5.27. The van der Waals surface area contributed by atoms with Crippen LogP contribution in [0.2, 0.25) is 5.02 Å². The van der Waals surface area contributed by atoms with Gasteiger partial charge in [-0.25, -0.2) is 8.42 Å². The number of sulfonamides is 1. The van der Waals surface area contributed by atoms with E-state index in [1.54, 1.807) is 6.07 Å². The summed E-state index contributed by atoms with van der Waals surface area (Å²) in [6.07, 6.45) is 0. The van der Waals surface area contributed by atoms with Crippen molar-refractivity contribution < 1.29 is 22.9 Å². The minimum Gasteiger partial charge on any atom is -0.468 e. The van der Waals surface area contributed by atoms with Gasteiger partial charge in [-0.05, 0) is 31.2 Å². The summed E-state index contributed by atoms with van der Waals surface area (Å²) in [4.78, 5) is 21.8. The summed E-state index contributed by atoms with van der Waals surface area (Å²) < 4.78 is 31.4. The molecule has 0 fully saturated rings. The van der Waals surface area contributed by atoms with E-state index >= 15 is 0 Å². The van der Waals surface area contributed by atoms with Crippen LogP contribution < -0.4 is 4.31 Å². The Morgan fingerprint density at radius 2 is 1.96 bits per heavy atom. The van der Waals surface area contributed by atoms with E-state index in [1.807, 2.05) is 0 Å². The zero-order valence-corrected chi connectivity index (χ0v) is 15.5. The Kier molecular flexibility index (Phi) is 5.83. The maximum absolute atomic E-state index is 13.0. The van der Waals surface area contributed by atoms with Crippen LogP contribution in [0, 0.1) is 17.0 Å². The van der Waals surface area contributed by atoms with Crippen molar-refractivity contribution in [1.82, 2.24) is 0 Å². The molecule has 0 heterocycles. The van der Waals surface area contributed by atoms with Crippen LogP contribution in [0.15, 0.2) is 47.4 Å². The van der Waals surface area contributed by atoms with Gasteiger partial charge in [-0.2, -0.15) is 0 Å². The molecule has 0 spiro atoms. The van der Waals surface area contributed by atoms with Crippen LogP contribution >= 0.6 is 11.6 Å². The molecule has 2 rings (SSSR count). The number of nitro benzene ring substituents is 1. The second kappa shape index (κ2) is 7.71. The first-order chi connectivity index (χ1) is 12.2. The highest BCUT2D eigenvalue weighted by molar-refractivity contribution is 7.92. The van der Waals surface area contributed by atoms with Crippen LogP contribution in [-0.2, 0) is 19.6 Å². The molecule has 0 aliphatic heterocycles. The number of hydrogen-bond acceptors (Lipinski definition) is 6. The Hall–Kier alpha value is -2.65. The van der Waals surface area contributed by atoms with Gasteiger partial charge in [0, 0.05) is 16.7 Å². The zero-order valence-electron chi connectivity index (χ0n) is 13.9. The number of esters is 1. The van der Waals surface area contributed by atoms with E-state index < -0.39 is 27.5 Å². The number of ether oxygens (including phenoxy) is 1. The molecule has 0 radical (unpaired) electrons. The van der Waals surface area contributed by atoms with Gasteiger partial charge in [-0.3, -0.25) is 19.2 Å². The summed E-state index contributed by atoms with van der Waals surface area (Å²) in [5.74, 6) is -0.796. The van der Waals surface area contributed by atoms with Crippen molar-refractivity contribution in [3.63, 3.8) is 0 Å². The molecule has 0 aliphatic carbocycles. The number of rotatable bonds is 6. The summed E-state index contributed by atoms with van der Waals surface area (Å²) in [7, 11) is -3.15. The molecule has 0 saturated carbocycles. The highest BCUT2D eigenvalue weighted by atomic mass is 35.5. The average molecular weight is 399 g/mol. The highest BCUT2D eigenvalue weighted by Gasteiger charge is 2.29. The van der Waals surface area contributed by atoms with E-state index in [0.717, 1.165) is 17.5 Å². The first-order valence-electron chi connectivity index (χ1n) is 7.27. The number of nitro groups is 1. The van der Waals surface area contributed by atoms with Gasteiger partial charge in [0.15, 0.2) is 0 Å². The van der Waals surface area contributed by atoms with Gasteiger partial charge in [0.1, 0.15) is 6.54 Å². The van der Waals surface area contributed by atoms with Crippen molar-refractivity contribution in [3.05, 3.63) is 63.2 Å². The minimum absolute atomic E-state index is 0.131. The lowest BCUT2D eigenvalue weighted by Gasteiger charge is -2.23. The third-order valence-electron chi connectivity index (χ3n) is 3.56. The van der Waals surface area contributed by atoms with Gasteiger partial charge in [-0.1, -0.05) is 23.7 Å². The van der Waals surface area contributed by atoms with Gasteiger partial charge in [0.05, 0.1) is 22.6 Å². The lowest BCUT2D eigenvalue weighted by atomic mass is 10.2. The number of carbonyl (C=O) groups excluding carboxylic acids is 1. The van der Waals surface area contributed by atoms with Crippen LogP contribution in [0.1, 0.15) is 5.56 Å². The largest absolute Gasteiger partial charge is 0.468 e. The first kappa shape index (κ1) is 19.7. The SMILES string of the molecule is COC(=O)CN(c1cccc(Cl)c1)S(=O)(=O)c1ccc(C)c([N+](=O)[O-])c1. The van der Waals surface area contributed by atoms with E-state index in [2.05, 4.69) is 4.74 Å². The van der Waals surface area contributed by atoms with E-state index in [-0.39, 0.29) is 21.3 Å². The van der Waals surface area contributed by atoms with Crippen LogP contribution in [0.5, 0.6) is 0 Å². The lowest BCUT2D eigenvalue weighted by Crippen LogP contribution is -2.36. The molecule has 0 N–H and O–H groups in total. The first-order valence-corrected chi connectivity index (χ1v) is 9.09. The number of anilines is 1. The highest BCUT2D eigenvalue weighted by Crippen LogP contribution is 2.29. The Morgan fingerprint density at radius 3 is 2.54 bits per heavy atom. The van der Waals surface area contributed by atoms with Gasteiger partial charge in [0.25, 0.3) is 15.7 Å². The van der Waals surface area contributed by atoms with E-state index in [0.29, 0.717) is 5.56 Å². The van der Waals surface area contributed by atoms with E-state index in [1.165, 1.54) is 37.3 Å². The van der Waals surface area contributed by atoms with Gasteiger partial charge in [0.2, 0.25) is 0 Å². The minimum atomic E-state index is -4.28. The maximum atomic E-state index is 13.0. The van der Waals surface area contributed by atoms with E-state index in [4.69, 9.17) is 11.6 Å². The molecule has 0 saturated heterocycles. The number of aryl methyl sites for hydroxylation is 1. The molecular formula is C16H15ClN2O6S. The quantitative estimate of drug-likeness (QED) is 0.420. The third-order valence-corrected chi connectivity index (χ3v) is 5.57. The molecule has 0 unspecified atom stereocenters. The molecule has 0 atom stereocenters. The fourth-order valence-electron chi connectivity index (χ4n) is 2.20. The third kappa shape index (κ3) is 4.12. The summed E-state index contributed by atoms with van der Waals surface area (Å²) in [6, 6.07) is 9.42. The van der Waals surface area contributed by atoms with Crippen molar-refractivity contribution >= 4 is 39.0 Å². The van der Waals surface area contributed by atoms with Crippen molar-refractivity contribution in [1.29, 1.82) is 0 Å². The normalized spacial score (nSPS) is 11.0. The number of methoxy groups -OCH3 is 1. The second-order valence-corrected chi connectivity index (χ2v) is 7.57. The van der Waals surface area contributed by atoms with E-state index in [9.17, 15) is 23.3 Å². The fourth-order valence-corrected chi connectivity index (χ4v) is 3.81. The Bertz CT molecular complexity index is 961. The molecule has 0 bridgehead atoms. The molecule has 138 valence electrons. The zero-order chi connectivity index (χ0) is 19.5. The molecular weight excluding hydrogens is 384 g/mol. The Balaban J connectivity index is 2.61. The van der Waals surface area contributed by atoms with Crippen LogP contribution in [-0.4, -0.2) is 33.0 Å². The molecule has 0 aliphatic rings. The number of nitrogens with zero attached hydrogens (tertiary/aromatic N) is 2. The number of halogens is 1. The fraction of sp³-hybridized carbons (Fsp3) is 0.188. The Labute approximate surface area is 155 Å². The summed E-state index contributed by atoms with van der Waals surface area (Å²) >= 11 is 5.92. The summed E-state index contributed by atoms with van der Waals surface area (Å²) in [5, 5.41) is 11.4. The van der Waals surface area contributed by atoms with Crippen LogP contribution in [0.4, 0.5) is 11.4 Å². The average Bonchev–Trinajstić information content (AvgIpc) is 2.59. The molecule has 8 nitrogen and oxygen atoms in total. The van der Waals surface area contributed by atoms with Crippen LogP contribution in [0.3, 0.4) is 0 Å². The Morgan fingerprint density at radius 1 is 1.27 bits per heavy atom. The van der Waals surface area contributed by atoms with Crippen molar-refractivity contribution in [2.45, 2.75) is 11.8 Å². The summed E-state index contributed by atoms with van der Waals surface area (Å²) in [6.45, 7) is 0.887. The molecule has 2 aromatic carbocycles. The van der Waals surface area contributed by atoms with Crippen LogP contribution in [0.25, 0.3) is 0 Å². The predicted octanol–water partition coefficient (Wildman–Crippen LogP) is 2.92. The monoisotopic (exact) mass is 398 g/mol.